The molecule has 0 spiro atoms. The second-order valence-electron chi connectivity index (χ2n) is 8.51. The molecule has 0 fully saturated rings. The van der Waals surface area contributed by atoms with Gasteiger partial charge in [-0.25, -0.2) is 0 Å². The molecule has 7 aromatic carbocycles. The third-order valence-electron chi connectivity index (χ3n) is 6.52. The largest absolute Gasteiger partial charge is 0.0894 e. The van der Waals surface area contributed by atoms with Crippen molar-refractivity contribution in [1.29, 1.82) is 0 Å². The van der Waals surface area contributed by atoms with Gasteiger partial charge < -0.3 is 0 Å². The minimum atomic E-state index is 1.27. The molecule has 7 aromatic rings. The first-order valence-corrected chi connectivity index (χ1v) is 13.1. The minimum absolute atomic E-state index is 1.27. The van der Waals surface area contributed by atoms with Gasteiger partial charge in [0.15, 0.2) is 0 Å². The van der Waals surface area contributed by atoms with Gasteiger partial charge in [0.2, 0.25) is 0 Å². The van der Waals surface area contributed by atoms with E-state index >= 15 is 0 Å². The van der Waals surface area contributed by atoms with E-state index in [1.165, 1.54) is 62.7 Å². The average Bonchev–Trinajstić information content (AvgIpc) is 2.90. The zero-order valence-electron chi connectivity index (χ0n) is 18.4. The number of fused-ring (bicyclic) bond motifs is 2. The molecule has 2 heteroatoms. The predicted octanol–water partition coefficient (Wildman–Crippen LogP) is 10.0. The fraction of sp³-hybridized carbons (Fsp3) is 0. The number of rotatable bonds is 4. The third kappa shape index (κ3) is 3.18. The van der Waals surface area contributed by atoms with Crippen LogP contribution in [0.2, 0.25) is 0 Å². The molecule has 160 valence electrons. The minimum Gasteiger partial charge on any atom is -0.0894 e. The molecule has 0 aliphatic heterocycles. The molecule has 0 saturated carbocycles. The van der Waals surface area contributed by atoms with E-state index in [4.69, 9.17) is 0 Å². The van der Waals surface area contributed by atoms with Crippen LogP contribution in [0.1, 0.15) is 0 Å². The maximum atomic E-state index is 2.33. The third-order valence-corrected chi connectivity index (χ3v) is 8.69. The molecular formula is C32H20S2. The van der Waals surface area contributed by atoms with Crippen molar-refractivity contribution in [1.82, 2.24) is 0 Å². The van der Waals surface area contributed by atoms with Gasteiger partial charge in [-0.05, 0) is 79.5 Å². The fourth-order valence-electron chi connectivity index (χ4n) is 5.07. The highest BCUT2D eigenvalue weighted by Crippen LogP contribution is 2.46. The first-order chi connectivity index (χ1) is 16.9. The maximum absolute atomic E-state index is 2.33. The summed E-state index contributed by atoms with van der Waals surface area (Å²) in [4.78, 5) is 5.14. The number of hydrogen-bond acceptors (Lipinski definition) is 2. The molecule has 34 heavy (non-hydrogen) atoms. The molecule has 0 aliphatic rings. The van der Waals surface area contributed by atoms with Crippen LogP contribution in [0.3, 0.4) is 0 Å². The Kier molecular flexibility index (Phi) is 4.75. The Morgan fingerprint density at radius 1 is 0.294 bits per heavy atom. The molecule has 0 N–H and O–H groups in total. The van der Waals surface area contributed by atoms with E-state index in [0.717, 1.165) is 0 Å². The zero-order valence-corrected chi connectivity index (χ0v) is 20.0. The lowest BCUT2D eigenvalue weighted by atomic mass is 9.90. The quantitative estimate of drug-likeness (QED) is 0.186. The number of hydrogen-bond donors (Lipinski definition) is 0. The monoisotopic (exact) mass is 468 g/mol. The molecule has 0 amide bonds. The van der Waals surface area contributed by atoms with Crippen molar-refractivity contribution in [3.63, 3.8) is 0 Å². The van der Waals surface area contributed by atoms with Crippen molar-refractivity contribution in [2.75, 3.05) is 0 Å². The summed E-state index contributed by atoms with van der Waals surface area (Å²) in [6.45, 7) is 0. The van der Waals surface area contributed by atoms with Gasteiger partial charge >= 0.3 is 0 Å². The summed E-state index contributed by atoms with van der Waals surface area (Å²) in [7, 11) is 0. The van der Waals surface area contributed by atoms with E-state index in [0.29, 0.717) is 0 Å². The summed E-state index contributed by atoms with van der Waals surface area (Å²) in [5.41, 5.74) is 0. The van der Waals surface area contributed by atoms with E-state index in [9.17, 15) is 0 Å². The molecule has 0 unspecified atom stereocenters. The highest BCUT2D eigenvalue weighted by molar-refractivity contribution is 7.99. The van der Waals surface area contributed by atoms with E-state index in [-0.39, 0.29) is 0 Å². The second-order valence-corrected chi connectivity index (χ2v) is 10.7. The predicted molar refractivity (Wildman–Crippen MR) is 149 cm³/mol. The normalized spacial score (nSPS) is 11.8. The molecule has 0 nitrogen and oxygen atoms in total. The van der Waals surface area contributed by atoms with Crippen LogP contribution in [0.25, 0.3) is 43.1 Å². The Balaban J connectivity index is 1.50. The van der Waals surface area contributed by atoms with Gasteiger partial charge in [0, 0.05) is 19.6 Å². The van der Waals surface area contributed by atoms with E-state index < -0.39 is 0 Å². The average molecular weight is 469 g/mol. The highest BCUT2D eigenvalue weighted by Gasteiger charge is 2.16. The van der Waals surface area contributed by atoms with Gasteiger partial charge in [0.1, 0.15) is 0 Å². The van der Waals surface area contributed by atoms with Crippen LogP contribution in [0.5, 0.6) is 0 Å². The van der Waals surface area contributed by atoms with Gasteiger partial charge in [-0.15, -0.1) is 0 Å². The van der Waals surface area contributed by atoms with Crippen molar-refractivity contribution < 1.29 is 0 Å². The Morgan fingerprint density at radius 2 is 0.676 bits per heavy atom. The Bertz CT molecular complexity index is 1630. The summed E-state index contributed by atoms with van der Waals surface area (Å²) in [6, 6.07) is 44.1. The molecule has 0 aromatic heterocycles. The first-order valence-electron chi connectivity index (χ1n) is 11.4. The van der Waals surface area contributed by atoms with Crippen LogP contribution >= 0.6 is 23.5 Å². The second kappa shape index (κ2) is 8.09. The lowest BCUT2D eigenvalue weighted by Crippen LogP contribution is -1.89. The lowest BCUT2D eigenvalue weighted by Gasteiger charge is -2.17. The summed E-state index contributed by atoms with van der Waals surface area (Å²) in [6.07, 6.45) is 0. The fourth-order valence-corrected chi connectivity index (χ4v) is 6.99. The zero-order chi connectivity index (χ0) is 22.5. The Hall–Kier alpha value is -3.46. The highest BCUT2D eigenvalue weighted by atomic mass is 32.2. The van der Waals surface area contributed by atoms with Crippen LogP contribution in [0.4, 0.5) is 0 Å². The van der Waals surface area contributed by atoms with Crippen LogP contribution in [0, 0.1) is 0 Å². The van der Waals surface area contributed by atoms with E-state index in [1.807, 2.05) is 23.5 Å². The van der Waals surface area contributed by atoms with Gasteiger partial charge in [-0.3, -0.25) is 0 Å². The van der Waals surface area contributed by atoms with Crippen LogP contribution < -0.4 is 0 Å². The molecular weight excluding hydrogens is 448 g/mol. The van der Waals surface area contributed by atoms with Crippen molar-refractivity contribution >= 4 is 66.6 Å². The first kappa shape index (κ1) is 20.0. The van der Waals surface area contributed by atoms with Gasteiger partial charge in [-0.2, -0.15) is 0 Å². The Labute approximate surface area is 206 Å². The van der Waals surface area contributed by atoms with Crippen molar-refractivity contribution in [2.45, 2.75) is 19.6 Å². The molecule has 0 saturated heterocycles. The van der Waals surface area contributed by atoms with Crippen LogP contribution in [0.15, 0.2) is 141 Å². The van der Waals surface area contributed by atoms with Gasteiger partial charge in [0.05, 0.1) is 0 Å². The summed E-state index contributed by atoms with van der Waals surface area (Å²) < 4.78 is 0. The molecule has 7 rings (SSSR count). The molecule has 0 atom stereocenters. The van der Waals surface area contributed by atoms with Gasteiger partial charge in [0.25, 0.3) is 0 Å². The Morgan fingerprint density at radius 3 is 1.12 bits per heavy atom. The van der Waals surface area contributed by atoms with Crippen LogP contribution in [-0.2, 0) is 0 Å². The molecule has 0 bridgehead atoms. The summed E-state index contributed by atoms with van der Waals surface area (Å²) in [5.74, 6) is 0. The van der Waals surface area contributed by atoms with Crippen molar-refractivity contribution in [2.24, 2.45) is 0 Å². The number of benzene rings is 7. The van der Waals surface area contributed by atoms with Crippen LogP contribution in [-0.4, -0.2) is 0 Å². The topological polar surface area (TPSA) is 0 Å². The van der Waals surface area contributed by atoms with Crippen molar-refractivity contribution in [3.05, 3.63) is 121 Å². The maximum Gasteiger partial charge on any atom is 0.0201 e. The smallest absolute Gasteiger partial charge is 0.0201 e. The molecule has 0 aliphatic carbocycles. The van der Waals surface area contributed by atoms with Gasteiger partial charge in [-0.1, -0.05) is 108 Å². The molecule has 0 radical (unpaired) electrons. The van der Waals surface area contributed by atoms with E-state index in [2.05, 4.69) is 121 Å². The summed E-state index contributed by atoms with van der Waals surface area (Å²) in [5, 5.41) is 10.7. The summed E-state index contributed by atoms with van der Waals surface area (Å²) >= 11 is 3.69. The molecule has 0 heterocycles. The standard InChI is InChI=1S/C32H20S2/c1-3-9-21(10-4-1)33-29-19-17-25-24-14-8-16-28-30(34-22-11-5-2-6-12-22)20-18-26(32(24)28)23-13-7-15-27(29)31(23)25/h1-20H. The lowest BCUT2D eigenvalue weighted by molar-refractivity contribution is 1.44. The SMILES string of the molecule is c1ccc(Sc2ccc3c4cccc5c(Sc6ccccc6)ccc(c6cccc2c63)c54)cc1. The van der Waals surface area contributed by atoms with Crippen molar-refractivity contribution in [3.8, 4) is 0 Å². The van der Waals surface area contributed by atoms with E-state index in [1.54, 1.807) is 0 Å².